The van der Waals surface area contributed by atoms with E-state index in [2.05, 4.69) is 450 Å². The van der Waals surface area contributed by atoms with E-state index in [4.69, 9.17) is 0 Å². The zero-order valence-electron chi connectivity index (χ0n) is 66.3. The van der Waals surface area contributed by atoms with Gasteiger partial charge in [-0.15, -0.1) is 0 Å². The highest BCUT2D eigenvalue weighted by molar-refractivity contribution is 6.19. The molecule has 552 valence electrons. The second kappa shape index (κ2) is 27.6. The predicted octanol–water partition coefficient (Wildman–Crippen LogP) is 31.5. The Bertz CT molecular complexity index is 7580. The number of nitrogens with zero attached hydrogens (tertiary/aromatic N) is 3. The maximum Gasteiger partial charge on any atom is 0.0541 e. The molecule has 0 atom stereocenters. The molecule has 0 saturated carbocycles. The molecule has 3 aromatic heterocycles. The van der Waals surface area contributed by atoms with Gasteiger partial charge < -0.3 is 13.7 Å². The summed E-state index contributed by atoms with van der Waals surface area (Å²) in [6, 6.07) is 143. The Morgan fingerprint density at radius 3 is 0.793 bits per heavy atom. The van der Waals surface area contributed by atoms with E-state index < -0.39 is 0 Å². The van der Waals surface area contributed by atoms with Crippen molar-refractivity contribution in [1.29, 1.82) is 0 Å². The Morgan fingerprint density at radius 1 is 0.172 bits per heavy atom. The van der Waals surface area contributed by atoms with Crippen LogP contribution in [-0.2, 0) is 10.8 Å². The third kappa shape index (κ3) is 11.8. The molecule has 0 N–H and O–H groups in total. The fourth-order valence-corrected chi connectivity index (χ4v) is 18.8. The van der Waals surface area contributed by atoms with E-state index in [0.717, 1.165) is 0 Å². The summed E-state index contributed by atoms with van der Waals surface area (Å²) in [5.74, 6) is 0. The number of hydrogen-bond acceptors (Lipinski definition) is 0. The molecule has 0 aliphatic rings. The van der Waals surface area contributed by atoms with Crippen molar-refractivity contribution in [3.8, 4) is 50.4 Å². The molecular weight excluding hydrogens is 1400 g/mol. The molecule has 3 heteroatoms. The Balaban J connectivity index is 0.000000109. The van der Waals surface area contributed by atoms with Gasteiger partial charge in [-0.25, -0.2) is 0 Å². The summed E-state index contributed by atoms with van der Waals surface area (Å²) in [7, 11) is 0. The number of hydrogen-bond donors (Lipinski definition) is 0. The molecule has 116 heavy (non-hydrogen) atoms. The van der Waals surface area contributed by atoms with Crippen LogP contribution in [0.1, 0.15) is 58.2 Å². The van der Waals surface area contributed by atoms with Gasteiger partial charge in [0.25, 0.3) is 0 Å². The van der Waals surface area contributed by atoms with Crippen LogP contribution in [0, 0.1) is 6.92 Å². The van der Waals surface area contributed by atoms with Crippen molar-refractivity contribution in [2.75, 3.05) is 0 Å². The van der Waals surface area contributed by atoms with Gasteiger partial charge in [0, 0.05) is 49.4 Å². The summed E-state index contributed by atoms with van der Waals surface area (Å²) in [6.45, 7) is 16.0. The third-order valence-electron chi connectivity index (χ3n) is 24.6. The first-order chi connectivity index (χ1) is 56.7. The Kier molecular flexibility index (Phi) is 16.6. The van der Waals surface area contributed by atoms with Crippen molar-refractivity contribution in [2.45, 2.75) is 59.3 Å². The average molecular weight is 1480 g/mol. The fraction of sp³-hybridized carbons (Fsp3) is 0.0796. The molecule has 0 amide bonds. The molecule has 23 rings (SSSR count). The monoisotopic (exact) mass is 1480 g/mol. The molecule has 23 aromatic rings. The Hall–Kier alpha value is -14.1. The van der Waals surface area contributed by atoms with Crippen LogP contribution in [0.4, 0.5) is 0 Å². The molecule has 0 fully saturated rings. The zero-order chi connectivity index (χ0) is 78.1. The van der Waals surface area contributed by atoms with Gasteiger partial charge in [-0.1, -0.05) is 321 Å². The van der Waals surface area contributed by atoms with Crippen molar-refractivity contribution in [3.63, 3.8) is 0 Å². The lowest BCUT2D eigenvalue weighted by atomic mass is 9.85. The number of para-hydroxylation sites is 4. The van der Waals surface area contributed by atoms with Gasteiger partial charge in [0.05, 0.1) is 33.1 Å². The van der Waals surface area contributed by atoms with Crippen molar-refractivity contribution < 1.29 is 0 Å². The van der Waals surface area contributed by atoms with Crippen molar-refractivity contribution in [3.05, 3.63) is 405 Å². The van der Waals surface area contributed by atoms with Crippen LogP contribution in [0.15, 0.2) is 388 Å². The lowest BCUT2D eigenvalue weighted by Gasteiger charge is -2.19. The smallest absolute Gasteiger partial charge is 0.0541 e. The van der Waals surface area contributed by atoms with Crippen LogP contribution in [0.25, 0.3) is 202 Å². The minimum atomic E-state index is 0.0904. The summed E-state index contributed by atoms with van der Waals surface area (Å²) < 4.78 is 7.21. The summed E-state index contributed by atoms with van der Waals surface area (Å²) in [5.41, 5.74) is 23.0. The summed E-state index contributed by atoms with van der Waals surface area (Å²) in [5, 5.41) is 28.3. The molecule has 0 radical (unpaired) electrons. The molecule has 0 bridgehead atoms. The number of aromatic nitrogens is 3. The quantitative estimate of drug-likeness (QED) is 0.147. The summed E-state index contributed by atoms with van der Waals surface area (Å²) in [4.78, 5) is 0. The predicted molar refractivity (Wildman–Crippen MR) is 501 cm³/mol. The Labute approximate surface area is 675 Å². The van der Waals surface area contributed by atoms with Crippen LogP contribution in [0.2, 0.25) is 0 Å². The molecule has 3 nitrogen and oxygen atoms in total. The van der Waals surface area contributed by atoms with E-state index in [1.54, 1.807) is 0 Å². The fourth-order valence-electron chi connectivity index (χ4n) is 18.8. The molecule has 0 saturated heterocycles. The van der Waals surface area contributed by atoms with E-state index >= 15 is 0 Å². The molecule has 3 heterocycles. The zero-order valence-corrected chi connectivity index (χ0v) is 66.3. The van der Waals surface area contributed by atoms with E-state index in [-0.39, 0.29) is 10.8 Å². The lowest BCUT2D eigenvalue weighted by Crippen LogP contribution is -2.10. The van der Waals surface area contributed by atoms with Crippen LogP contribution >= 0.6 is 0 Å². The van der Waals surface area contributed by atoms with E-state index in [9.17, 15) is 0 Å². The van der Waals surface area contributed by atoms with Gasteiger partial charge in [-0.3, -0.25) is 0 Å². The van der Waals surface area contributed by atoms with Crippen molar-refractivity contribution >= 4 is 152 Å². The molecule has 0 aliphatic carbocycles. The number of fused-ring (bicyclic) bond motifs is 17. The largest absolute Gasteiger partial charge is 0.309 e. The summed E-state index contributed by atoms with van der Waals surface area (Å²) in [6.07, 6.45) is 0. The Morgan fingerprint density at radius 2 is 0.431 bits per heavy atom. The number of benzene rings is 20. The second-order valence-corrected chi connectivity index (χ2v) is 33.6. The highest BCUT2D eigenvalue weighted by atomic mass is 15.0. The average Bonchev–Trinajstić information content (AvgIpc) is 1.40. The minimum absolute atomic E-state index is 0.0904. The van der Waals surface area contributed by atoms with E-state index in [1.807, 2.05) is 0 Å². The van der Waals surface area contributed by atoms with Gasteiger partial charge in [-0.2, -0.15) is 0 Å². The molecule has 0 unspecified atom stereocenters. The van der Waals surface area contributed by atoms with Crippen LogP contribution in [-0.4, -0.2) is 13.7 Å². The highest BCUT2D eigenvalue weighted by Gasteiger charge is 2.24. The first-order valence-electron chi connectivity index (χ1n) is 40.7. The van der Waals surface area contributed by atoms with Crippen molar-refractivity contribution in [1.82, 2.24) is 13.7 Å². The second-order valence-electron chi connectivity index (χ2n) is 33.6. The van der Waals surface area contributed by atoms with Gasteiger partial charge in [0.1, 0.15) is 0 Å². The minimum Gasteiger partial charge on any atom is -0.309 e. The van der Waals surface area contributed by atoms with Crippen LogP contribution < -0.4 is 0 Å². The number of rotatable bonds is 6. The van der Waals surface area contributed by atoms with Gasteiger partial charge in [0.15, 0.2) is 0 Å². The lowest BCUT2D eigenvalue weighted by molar-refractivity contribution is 0.590. The number of aryl methyl sites for hydroxylation is 1. The van der Waals surface area contributed by atoms with Crippen LogP contribution in [0.3, 0.4) is 0 Å². The SMILES string of the molecule is CC(C)(C)c1ccc2c(c1)c1cc(C(C)(C)C)ccc1n2-c1ccc(-c2c3ccccc3cc3ccccc23)cc1.Cc1c2ccccc2c(-c2ccc3cc(-n4c5ccccc5c5ccccc54)ccc3c2)c2ccccc12.c1ccc2c(-c3ccc4cc(-n5c6ccccc6c6ccccc65)ccc4c3)c3ccccc3cc2c1. The maximum absolute atomic E-state index is 2.44. The molecule has 20 aromatic carbocycles. The highest BCUT2D eigenvalue weighted by Crippen LogP contribution is 2.45. The van der Waals surface area contributed by atoms with E-state index in [0.29, 0.717) is 0 Å². The van der Waals surface area contributed by atoms with Gasteiger partial charge in [0.2, 0.25) is 0 Å². The first kappa shape index (κ1) is 69.8. The maximum atomic E-state index is 2.44. The van der Waals surface area contributed by atoms with Crippen molar-refractivity contribution in [2.24, 2.45) is 0 Å². The standard InChI is InChI=1S/C40H37N.C37H25N.C36H23N/c1-39(2,3)29-17-21-36-34(24-29)35-25-30(40(4,5)6)18-22-37(35)41(36)31-19-15-26(16-20-31)38-32-13-9-7-11-27(32)23-28-12-8-10-14-33(28)38;1-24-29-10-2-4-14-33(29)37(34-15-5-3-11-30(24)34)27-19-18-26-23-28(21-20-25(26)22-27)38-35-16-8-6-12-31(35)32-13-7-9-17-36(32)38;1-3-11-30-26(9-1)22-27-10-2-4-12-31(27)36(30)28-18-17-25-23-29(20-19-24(25)21-28)37-34-15-7-5-13-32(34)33-14-6-8-16-35(33)37/h7-25H,1-6H3;2-23H,1H3;1-23H. The van der Waals surface area contributed by atoms with Gasteiger partial charge >= 0.3 is 0 Å². The molecule has 0 spiro atoms. The normalized spacial score (nSPS) is 12.1. The third-order valence-corrected chi connectivity index (χ3v) is 24.6. The summed E-state index contributed by atoms with van der Waals surface area (Å²) >= 11 is 0. The first-order valence-corrected chi connectivity index (χ1v) is 40.7. The topological polar surface area (TPSA) is 14.8 Å². The molecule has 0 aliphatic heterocycles. The van der Waals surface area contributed by atoms with Gasteiger partial charge in [-0.05, 0) is 263 Å². The van der Waals surface area contributed by atoms with E-state index in [1.165, 1.54) is 219 Å². The van der Waals surface area contributed by atoms with Crippen LogP contribution in [0.5, 0.6) is 0 Å². The molecular formula is C113H85N3.